The summed E-state index contributed by atoms with van der Waals surface area (Å²) in [6.45, 7) is 2.70. The zero-order valence-corrected chi connectivity index (χ0v) is 9.64. The summed E-state index contributed by atoms with van der Waals surface area (Å²) in [5.74, 6) is 0.757. The molecule has 0 spiro atoms. The molecule has 0 saturated heterocycles. The molecule has 88 valence electrons. The molecular formula is C13H14N2O2. The summed E-state index contributed by atoms with van der Waals surface area (Å²) in [4.78, 5) is 17.9. The van der Waals surface area contributed by atoms with E-state index in [0.717, 1.165) is 17.7 Å². The Labute approximate surface area is 99.3 Å². The second kappa shape index (κ2) is 5.30. The van der Waals surface area contributed by atoms with E-state index in [4.69, 9.17) is 4.74 Å². The molecule has 0 aliphatic carbocycles. The Hall–Kier alpha value is -2.10. The number of aromatic nitrogens is 2. The molecule has 0 fully saturated rings. The van der Waals surface area contributed by atoms with Crippen LogP contribution in [0.15, 0.2) is 41.5 Å². The highest BCUT2D eigenvalue weighted by molar-refractivity contribution is 5.66. The van der Waals surface area contributed by atoms with Crippen molar-refractivity contribution in [1.29, 1.82) is 0 Å². The Balaban J connectivity index is 2.40. The number of hydrogen-bond acceptors (Lipinski definition) is 3. The van der Waals surface area contributed by atoms with E-state index in [9.17, 15) is 4.79 Å². The van der Waals surface area contributed by atoms with Gasteiger partial charge in [0.2, 0.25) is 0 Å². The molecule has 2 rings (SSSR count). The Morgan fingerprint density at radius 3 is 2.94 bits per heavy atom. The molecule has 1 N–H and O–H groups in total. The number of ether oxygens (including phenoxy) is 1. The van der Waals surface area contributed by atoms with Gasteiger partial charge in [-0.2, -0.15) is 0 Å². The van der Waals surface area contributed by atoms with Gasteiger partial charge in [0.05, 0.1) is 18.6 Å². The summed E-state index contributed by atoms with van der Waals surface area (Å²) >= 11 is 0. The highest BCUT2D eigenvalue weighted by Crippen LogP contribution is 2.27. The van der Waals surface area contributed by atoms with Crippen LogP contribution in [-0.4, -0.2) is 16.6 Å². The maximum atomic E-state index is 11.3. The topological polar surface area (TPSA) is 55.0 Å². The van der Waals surface area contributed by atoms with Crippen molar-refractivity contribution in [2.75, 3.05) is 6.61 Å². The standard InChI is InChI=1S/C13H14N2O2/c1-2-7-17-12-6-4-3-5-10(12)11-8-13(16)15-9-14-11/h3-6,8-9H,2,7H2,1H3,(H,14,15,16). The number of aromatic amines is 1. The molecule has 4 nitrogen and oxygen atoms in total. The van der Waals surface area contributed by atoms with E-state index in [1.54, 1.807) is 0 Å². The first-order chi connectivity index (χ1) is 8.31. The molecule has 1 aromatic carbocycles. The summed E-state index contributed by atoms with van der Waals surface area (Å²) < 4.78 is 5.63. The number of hydrogen-bond donors (Lipinski definition) is 1. The second-order valence-electron chi connectivity index (χ2n) is 3.64. The molecule has 0 aliphatic rings. The molecule has 0 amide bonds. The quantitative estimate of drug-likeness (QED) is 0.876. The van der Waals surface area contributed by atoms with Gasteiger partial charge in [-0.05, 0) is 18.6 Å². The number of rotatable bonds is 4. The van der Waals surface area contributed by atoms with Crippen LogP contribution in [0, 0.1) is 0 Å². The lowest BCUT2D eigenvalue weighted by Crippen LogP contribution is -2.05. The average Bonchev–Trinajstić information content (AvgIpc) is 2.37. The molecule has 0 atom stereocenters. The van der Waals surface area contributed by atoms with E-state index in [1.807, 2.05) is 31.2 Å². The summed E-state index contributed by atoms with van der Waals surface area (Å²) in [7, 11) is 0. The molecule has 2 aromatic rings. The van der Waals surface area contributed by atoms with E-state index in [0.29, 0.717) is 12.3 Å². The van der Waals surface area contributed by atoms with Crippen molar-refractivity contribution in [3.05, 3.63) is 47.0 Å². The number of nitrogens with zero attached hydrogens (tertiary/aromatic N) is 1. The van der Waals surface area contributed by atoms with Crippen molar-refractivity contribution < 1.29 is 4.74 Å². The number of H-pyrrole nitrogens is 1. The lowest BCUT2D eigenvalue weighted by Gasteiger charge is -2.09. The lowest BCUT2D eigenvalue weighted by atomic mass is 10.1. The molecule has 17 heavy (non-hydrogen) atoms. The zero-order valence-electron chi connectivity index (χ0n) is 9.64. The third kappa shape index (κ3) is 2.72. The van der Waals surface area contributed by atoms with Gasteiger partial charge < -0.3 is 9.72 Å². The van der Waals surface area contributed by atoms with E-state index in [1.165, 1.54) is 12.4 Å². The van der Waals surface area contributed by atoms with Gasteiger partial charge >= 0.3 is 0 Å². The van der Waals surface area contributed by atoms with Crippen LogP contribution in [0.4, 0.5) is 0 Å². The van der Waals surface area contributed by atoms with Gasteiger partial charge in [-0.3, -0.25) is 4.79 Å². The third-order valence-corrected chi connectivity index (χ3v) is 2.30. The molecule has 0 radical (unpaired) electrons. The van der Waals surface area contributed by atoms with E-state index in [-0.39, 0.29) is 5.56 Å². The van der Waals surface area contributed by atoms with Crippen molar-refractivity contribution in [2.45, 2.75) is 13.3 Å². The van der Waals surface area contributed by atoms with Crippen LogP contribution in [0.3, 0.4) is 0 Å². The largest absolute Gasteiger partial charge is 0.493 e. The van der Waals surface area contributed by atoms with Crippen LogP contribution in [0.1, 0.15) is 13.3 Å². The van der Waals surface area contributed by atoms with Crippen LogP contribution in [-0.2, 0) is 0 Å². The average molecular weight is 230 g/mol. The van der Waals surface area contributed by atoms with Gasteiger partial charge in [-0.25, -0.2) is 4.98 Å². The van der Waals surface area contributed by atoms with Crippen molar-refractivity contribution in [2.24, 2.45) is 0 Å². The summed E-state index contributed by atoms with van der Waals surface area (Å²) in [6, 6.07) is 9.05. The van der Waals surface area contributed by atoms with Crippen LogP contribution in [0.2, 0.25) is 0 Å². The van der Waals surface area contributed by atoms with Crippen LogP contribution in [0.5, 0.6) is 5.75 Å². The van der Waals surface area contributed by atoms with Crippen molar-refractivity contribution in [1.82, 2.24) is 9.97 Å². The zero-order chi connectivity index (χ0) is 12.1. The number of para-hydroxylation sites is 1. The van der Waals surface area contributed by atoms with E-state index < -0.39 is 0 Å². The van der Waals surface area contributed by atoms with Gasteiger partial charge in [0.25, 0.3) is 5.56 Å². The van der Waals surface area contributed by atoms with Crippen molar-refractivity contribution >= 4 is 0 Å². The van der Waals surface area contributed by atoms with E-state index >= 15 is 0 Å². The van der Waals surface area contributed by atoms with Crippen molar-refractivity contribution in [3.63, 3.8) is 0 Å². The highest BCUT2D eigenvalue weighted by Gasteiger charge is 2.06. The minimum absolute atomic E-state index is 0.166. The van der Waals surface area contributed by atoms with Gasteiger partial charge in [-0.1, -0.05) is 19.1 Å². The first-order valence-electron chi connectivity index (χ1n) is 5.58. The Morgan fingerprint density at radius 2 is 2.18 bits per heavy atom. The first kappa shape index (κ1) is 11.4. The molecular weight excluding hydrogens is 216 g/mol. The predicted molar refractivity (Wildman–Crippen MR) is 66.1 cm³/mol. The predicted octanol–water partition coefficient (Wildman–Crippen LogP) is 2.23. The fraction of sp³-hybridized carbons (Fsp3) is 0.231. The maximum Gasteiger partial charge on any atom is 0.251 e. The van der Waals surface area contributed by atoms with Gasteiger partial charge in [0, 0.05) is 11.6 Å². The summed E-state index contributed by atoms with van der Waals surface area (Å²) in [5.41, 5.74) is 1.30. The van der Waals surface area contributed by atoms with Gasteiger partial charge in [-0.15, -0.1) is 0 Å². The maximum absolute atomic E-state index is 11.3. The molecule has 1 aromatic heterocycles. The fourth-order valence-corrected chi connectivity index (χ4v) is 1.53. The Kier molecular flexibility index (Phi) is 3.55. The molecule has 0 unspecified atom stereocenters. The van der Waals surface area contributed by atoms with E-state index in [2.05, 4.69) is 9.97 Å². The second-order valence-corrected chi connectivity index (χ2v) is 3.64. The molecule has 0 aliphatic heterocycles. The first-order valence-corrected chi connectivity index (χ1v) is 5.58. The number of nitrogens with one attached hydrogen (secondary N) is 1. The minimum Gasteiger partial charge on any atom is -0.493 e. The normalized spacial score (nSPS) is 10.2. The van der Waals surface area contributed by atoms with Crippen LogP contribution < -0.4 is 10.3 Å². The monoisotopic (exact) mass is 230 g/mol. The lowest BCUT2D eigenvalue weighted by molar-refractivity contribution is 0.318. The van der Waals surface area contributed by atoms with Gasteiger partial charge in [0.1, 0.15) is 5.75 Å². The molecule has 0 bridgehead atoms. The van der Waals surface area contributed by atoms with Crippen LogP contribution in [0.25, 0.3) is 11.3 Å². The molecule has 4 heteroatoms. The highest BCUT2D eigenvalue weighted by atomic mass is 16.5. The smallest absolute Gasteiger partial charge is 0.251 e. The van der Waals surface area contributed by atoms with Crippen LogP contribution >= 0.6 is 0 Å². The Bertz CT molecular complexity index is 549. The number of benzene rings is 1. The molecule has 0 saturated carbocycles. The fourth-order valence-electron chi connectivity index (χ4n) is 1.53. The molecule has 1 heterocycles. The van der Waals surface area contributed by atoms with Crippen molar-refractivity contribution in [3.8, 4) is 17.0 Å². The Morgan fingerprint density at radius 1 is 1.35 bits per heavy atom. The summed E-state index contributed by atoms with van der Waals surface area (Å²) in [6.07, 6.45) is 2.34. The third-order valence-electron chi connectivity index (χ3n) is 2.30. The SMILES string of the molecule is CCCOc1ccccc1-c1cc(=O)[nH]cn1. The minimum atomic E-state index is -0.166. The van der Waals surface area contributed by atoms with Gasteiger partial charge in [0.15, 0.2) is 0 Å². The summed E-state index contributed by atoms with van der Waals surface area (Å²) in [5, 5.41) is 0.